The molecule has 0 radical (unpaired) electrons. The first kappa shape index (κ1) is 19.2. The Morgan fingerprint density at radius 2 is 1.43 bits per heavy atom. The van der Waals surface area contributed by atoms with Gasteiger partial charge in [0.2, 0.25) is 5.75 Å². The highest BCUT2D eigenvalue weighted by Crippen LogP contribution is 2.38. The molecule has 0 spiro atoms. The molecule has 0 bridgehead atoms. The molecule has 0 saturated heterocycles. The lowest BCUT2D eigenvalue weighted by molar-refractivity contribution is -0.145. The summed E-state index contributed by atoms with van der Waals surface area (Å²) in [4.78, 5) is 37.7. The molecule has 146 valence electrons. The highest BCUT2D eigenvalue weighted by molar-refractivity contribution is 6.21. The number of benzene rings is 2. The van der Waals surface area contributed by atoms with Crippen LogP contribution in [0.25, 0.3) is 0 Å². The lowest BCUT2D eigenvalue weighted by atomic mass is 10.1. The van der Waals surface area contributed by atoms with Crippen LogP contribution in [0.3, 0.4) is 0 Å². The minimum Gasteiger partial charge on any atom is -0.493 e. The summed E-state index contributed by atoms with van der Waals surface area (Å²) in [6.45, 7) is -0.449. The fourth-order valence-electron chi connectivity index (χ4n) is 2.95. The summed E-state index contributed by atoms with van der Waals surface area (Å²) in [6, 6.07) is 9.73. The van der Waals surface area contributed by atoms with Gasteiger partial charge in [-0.3, -0.25) is 14.4 Å². The van der Waals surface area contributed by atoms with Crippen molar-refractivity contribution in [3.05, 3.63) is 53.1 Å². The van der Waals surface area contributed by atoms with Crippen LogP contribution >= 0.6 is 0 Å². The first-order valence-corrected chi connectivity index (χ1v) is 8.39. The second-order valence-electron chi connectivity index (χ2n) is 5.94. The Morgan fingerprint density at radius 1 is 0.893 bits per heavy atom. The summed E-state index contributed by atoms with van der Waals surface area (Å²) < 4.78 is 20.9. The normalized spacial score (nSPS) is 12.6. The fraction of sp³-hybridized carbons (Fsp3) is 0.250. The maximum Gasteiger partial charge on any atom is 0.312 e. The Labute approximate surface area is 161 Å². The van der Waals surface area contributed by atoms with Crippen LogP contribution in [0, 0.1) is 0 Å². The zero-order chi connectivity index (χ0) is 20.3. The van der Waals surface area contributed by atoms with Crippen LogP contribution in [0.1, 0.15) is 26.3 Å². The summed E-state index contributed by atoms with van der Waals surface area (Å²) in [5.74, 6) is -0.351. The molecule has 2 aromatic carbocycles. The molecule has 1 aliphatic rings. The number of hydrogen-bond donors (Lipinski definition) is 0. The third-order valence-corrected chi connectivity index (χ3v) is 4.31. The van der Waals surface area contributed by atoms with Gasteiger partial charge in [-0.05, 0) is 29.8 Å². The number of amides is 2. The van der Waals surface area contributed by atoms with E-state index in [0.717, 1.165) is 4.90 Å². The largest absolute Gasteiger partial charge is 0.493 e. The number of hydrogen-bond acceptors (Lipinski definition) is 7. The molecular formula is C20H19NO7. The number of imide groups is 1. The molecule has 0 aliphatic carbocycles. The number of ether oxygens (including phenoxy) is 4. The second-order valence-corrected chi connectivity index (χ2v) is 5.94. The van der Waals surface area contributed by atoms with Crippen molar-refractivity contribution in [2.24, 2.45) is 0 Å². The Balaban J connectivity index is 1.67. The summed E-state index contributed by atoms with van der Waals surface area (Å²) in [5.41, 5.74) is 1.17. The standard InChI is InChI=1S/C20H19NO7/c1-25-15-8-12(9-16(26-2)18(15)27-3)10-17(22)28-11-21-19(23)13-6-4-5-7-14(13)20(21)24/h4-9H,10-11H2,1-3H3. The zero-order valence-corrected chi connectivity index (χ0v) is 15.7. The van der Waals surface area contributed by atoms with Gasteiger partial charge in [-0.25, -0.2) is 4.90 Å². The third kappa shape index (κ3) is 3.48. The highest BCUT2D eigenvalue weighted by atomic mass is 16.5. The molecule has 0 fully saturated rings. The van der Waals surface area contributed by atoms with Gasteiger partial charge in [0.1, 0.15) is 0 Å². The number of methoxy groups -OCH3 is 3. The van der Waals surface area contributed by atoms with Gasteiger partial charge in [-0.15, -0.1) is 0 Å². The van der Waals surface area contributed by atoms with Crippen LogP contribution in [0.2, 0.25) is 0 Å². The number of esters is 1. The number of fused-ring (bicyclic) bond motifs is 1. The van der Waals surface area contributed by atoms with Gasteiger partial charge in [-0.2, -0.15) is 0 Å². The summed E-state index contributed by atoms with van der Waals surface area (Å²) in [6.07, 6.45) is -0.0973. The minimum absolute atomic E-state index is 0.0973. The van der Waals surface area contributed by atoms with Gasteiger partial charge in [0, 0.05) is 0 Å². The van der Waals surface area contributed by atoms with E-state index >= 15 is 0 Å². The van der Waals surface area contributed by atoms with Crippen molar-refractivity contribution < 1.29 is 33.3 Å². The van der Waals surface area contributed by atoms with Crippen LogP contribution in [0.15, 0.2) is 36.4 Å². The zero-order valence-electron chi connectivity index (χ0n) is 15.7. The van der Waals surface area contributed by atoms with Crippen molar-refractivity contribution in [3.63, 3.8) is 0 Å². The van der Waals surface area contributed by atoms with Crippen LogP contribution in [-0.4, -0.2) is 50.7 Å². The minimum atomic E-state index is -0.606. The molecule has 0 aromatic heterocycles. The quantitative estimate of drug-likeness (QED) is 0.532. The molecule has 0 N–H and O–H groups in total. The maximum absolute atomic E-state index is 12.3. The monoisotopic (exact) mass is 385 g/mol. The lowest BCUT2D eigenvalue weighted by Gasteiger charge is -2.15. The molecule has 8 nitrogen and oxygen atoms in total. The average molecular weight is 385 g/mol. The summed E-state index contributed by atoms with van der Waals surface area (Å²) in [7, 11) is 4.43. The third-order valence-electron chi connectivity index (χ3n) is 4.31. The van der Waals surface area contributed by atoms with Crippen LogP contribution in [0.5, 0.6) is 17.2 Å². The van der Waals surface area contributed by atoms with Crippen LogP contribution < -0.4 is 14.2 Å². The van der Waals surface area contributed by atoms with Crippen LogP contribution in [-0.2, 0) is 16.0 Å². The van der Waals surface area contributed by atoms with Gasteiger partial charge in [0.25, 0.3) is 11.8 Å². The van der Waals surface area contributed by atoms with Gasteiger partial charge in [0.15, 0.2) is 18.2 Å². The number of rotatable bonds is 7. The van der Waals surface area contributed by atoms with E-state index < -0.39 is 24.5 Å². The topological polar surface area (TPSA) is 91.4 Å². The fourth-order valence-corrected chi connectivity index (χ4v) is 2.95. The first-order chi connectivity index (χ1) is 13.5. The van der Waals surface area contributed by atoms with Gasteiger partial charge in [0.05, 0.1) is 38.9 Å². The molecule has 0 saturated carbocycles. The SMILES string of the molecule is COc1cc(CC(=O)OCN2C(=O)c3ccccc3C2=O)cc(OC)c1OC. The summed E-state index contributed by atoms with van der Waals surface area (Å²) >= 11 is 0. The molecule has 1 heterocycles. The van der Waals surface area contributed by atoms with Gasteiger partial charge in [-0.1, -0.05) is 12.1 Å². The van der Waals surface area contributed by atoms with Crippen molar-refractivity contribution in [2.45, 2.75) is 6.42 Å². The Kier molecular flexibility index (Phi) is 5.49. The van der Waals surface area contributed by atoms with E-state index in [2.05, 4.69) is 0 Å². The number of carbonyl (C=O) groups is 3. The predicted molar refractivity (Wildman–Crippen MR) is 97.7 cm³/mol. The first-order valence-electron chi connectivity index (χ1n) is 8.39. The van der Waals surface area contributed by atoms with Crippen LogP contribution in [0.4, 0.5) is 0 Å². The lowest BCUT2D eigenvalue weighted by Crippen LogP contribution is -2.33. The molecule has 3 rings (SSSR count). The molecule has 2 aromatic rings. The van der Waals surface area contributed by atoms with E-state index in [0.29, 0.717) is 33.9 Å². The van der Waals surface area contributed by atoms with Crippen molar-refractivity contribution in [2.75, 3.05) is 28.1 Å². The van der Waals surface area contributed by atoms with E-state index in [1.165, 1.54) is 21.3 Å². The van der Waals surface area contributed by atoms with E-state index in [-0.39, 0.29) is 6.42 Å². The molecule has 0 unspecified atom stereocenters. The van der Waals surface area contributed by atoms with Gasteiger partial charge >= 0.3 is 5.97 Å². The number of carbonyl (C=O) groups excluding carboxylic acids is 3. The van der Waals surface area contributed by atoms with E-state index in [9.17, 15) is 14.4 Å². The maximum atomic E-state index is 12.3. The van der Waals surface area contributed by atoms with E-state index in [4.69, 9.17) is 18.9 Å². The van der Waals surface area contributed by atoms with Crippen molar-refractivity contribution in [1.29, 1.82) is 0 Å². The average Bonchev–Trinajstić information content (AvgIpc) is 2.96. The molecular weight excluding hydrogens is 366 g/mol. The molecule has 8 heteroatoms. The smallest absolute Gasteiger partial charge is 0.312 e. The molecule has 0 atom stereocenters. The predicted octanol–water partition coefficient (Wildman–Crippen LogP) is 2.05. The Bertz CT molecular complexity index is 878. The molecule has 28 heavy (non-hydrogen) atoms. The van der Waals surface area contributed by atoms with E-state index in [1.54, 1.807) is 36.4 Å². The Morgan fingerprint density at radius 3 is 1.89 bits per heavy atom. The van der Waals surface area contributed by atoms with Gasteiger partial charge < -0.3 is 18.9 Å². The van der Waals surface area contributed by atoms with Crippen molar-refractivity contribution >= 4 is 17.8 Å². The molecule has 1 aliphatic heterocycles. The van der Waals surface area contributed by atoms with E-state index in [1.807, 2.05) is 0 Å². The Hall–Kier alpha value is -3.55. The molecule has 2 amide bonds. The van der Waals surface area contributed by atoms with Crippen molar-refractivity contribution in [1.82, 2.24) is 4.90 Å². The second kappa shape index (κ2) is 7.99. The summed E-state index contributed by atoms with van der Waals surface area (Å²) in [5, 5.41) is 0. The van der Waals surface area contributed by atoms with Crippen molar-refractivity contribution in [3.8, 4) is 17.2 Å². The highest BCUT2D eigenvalue weighted by Gasteiger charge is 2.35. The number of nitrogens with zero attached hydrogens (tertiary/aromatic N) is 1.